The molecule has 1 aliphatic rings. The fourth-order valence-corrected chi connectivity index (χ4v) is 5.50. The molecule has 14 heteroatoms. The normalized spacial score (nSPS) is 16.5. The van der Waals surface area contributed by atoms with Gasteiger partial charge < -0.3 is 10.1 Å². The largest absolute Gasteiger partial charge is 0.467 e. The van der Waals surface area contributed by atoms with E-state index in [1.54, 1.807) is 0 Å². The van der Waals surface area contributed by atoms with Crippen molar-refractivity contribution in [3.8, 4) is 17.3 Å². The predicted octanol–water partition coefficient (Wildman–Crippen LogP) is 3.17. The molecule has 0 saturated carbocycles. The number of hydrogen-bond acceptors (Lipinski definition) is 7. The molecule has 3 aromatic rings. The van der Waals surface area contributed by atoms with Crippen molar-refractivity contribution >= 4 is 15.9 Å². The van der Waals surface area contributed by atoms with E-state index in [0.29, 0.717) is 12.8 Å². The Labute approximate surface area is 209 Å². The number of methoxy groups -OCH3 is 1. The SMILES string of the molecule is COc1nc(CNC(=O)C2CCCN2S(=O)(=O)c2ccc(F)cc2)cc(-c2ccc(C(F)(F)F)nc2)n1. The maximum absolute atomic E-state index is 13.2. The number of hydrogen-bond donors (Lipinski definition) is 1. The van der Waals surface area contributed by atoms with E-state index in [2.05, 4.69) is 20.3 Å². The summed E-state index contributed by atoms with van der Waals surface area (Å²) in [5.41, 5.74) is -0.283. The summed E-state index contributed by atoms with van der Waals surface area (Å²) in [6.07, 6.45) is -2.81. The summed E-state index contributed by atoms with van der Waals surface area (Å²) >= 11 is 0. The average molecular weight is 540 g/mol. The minimum Gasteiger partial charge on any atom is -0.467 e. The molecule has 0 spiro atoms. The van der Waals surface area contributed by atoms with Gasteiger partial charge in [0.1, 0.15) is 17.6 Å². The number of aromatic nitrogens is 3. The number of alkyl halides is 3. The van der Waals surface area contributed by atoms with Gasteiger partial charge in [0.25, 0.3) is 0 Å². The molecule has 0 bridgehead atoms. The van der Waals surface area contributed by atoms with Gasteiger partial charge in [0.2, 0.25) is 15.9 Å². The fraction of sp³-hybridized carbons (Fsp3) is 0.304. The first-order valence-corrected chi connectivity index (χ1v) is 12.4. The number of ether oxygens (including phenoxy) is 1. The molecule has 196 valence electrons. The van der Waals surface area contributed by atoms with Crippen LogP contribution in [0.1, 0.15) is 24.2 Å². The number of carbonyl (C=O) groups is 1. The highest BCUT2D eigenvalue weighted by atomic mass is 32.2. The molecule has 1 aliphatic heterocycles. The Kier molecular flexibility index (Phi) is 7.41. The lowest BCUT2D eigenvalue weighted by molar-refractivity contribution is -0.141. The summed E-state index contributed by atoms with van der Waals surface area (Å²) in [5.74, 6) is -1.14. The molecule has 1 saturated heterocycles. The standard InChI is InChI=1S/C23H21F4N5O4S/c1-36-22-30-16(11-18(31-22)14-4-9-20(28-12-14)23(25,26)27)13-29-21(33)19-3-2-10-32(19)37(34,35)17-7-5-15(24)6-8-17/h4-9,11-12,19H,2-3,10,13H2,1H3,(H,29,33). The Bertz CT molecular complexity index is 1380. The van der Waals surface area contributed by atoms with E-state index in [1.165, 1.54) is 19.2 Å². The Hall–Kier alpha value is -3.65. The average Bonchev–Trinajstić information content (AvgIpc) is 3.38. The van der Waals surface area contributed by atoms with Gasteiger partial charge in [-0.1, -0.05) is 0 Å². The summed E-state index contributed by atoms with van der Waals surface area (Å²) in [4.78, 5) is 24.5. The zero-order valence-electron chi connectivity index (χ0n) is 19.4. The van der Waals surface area contributed by atoms with Gasteiger partial charge in [0.05, 0.1) is 29.9 Å². The molecule has 9 nitrogen and oxygen atoms in total. The lowest BCUT2D eigenvalue weighted by atomic mass is 10.1. The molecule has 1 atom stereocenters. The maximum Gasteiger partial charge on any atom is 0.433 e. The molecule has 1 N–H and O–H groups in total. The van der Waals surface area contributed by atoms with Crippen LogP contribution in [0.2, 0.25) is 0 Å². The first-order chi connectivity index (χ1) is 17.5. The molecule has 3 heterocycles. The van der Waals surface area contributed by atoms with E-state index >= 15 is 0 Å². The van der Waals surface area contributed by atoms with E-state index < -0.39 is 39.7 Å². The molecule has 1 fully saturated rings. The molecule has 4 rings (SSSR count). The monoisotopic (exact) mass is 539 g/mol. The molecule has 1 amide bonds. The van der Waals surface area contributed by atoms with Crippen LogP contribution in [-0.4, -0.2) is 53.3 Å². The van der Waals surface area contributed by atoms with Crippen LogP contribution in [0.4, 0.5) is 17.6 Å². The zero-order valence-corrected chi connectivity index (χ0v) is 20.2. The molecule has 0 aliphatic carbocycles. The molecule has 1 unspecified atom stereocenters. The summed E-state index contributed by atoms with van der Waals surface area (Å²) < 4.78 is 83.9. The minimum absolute atomic E-state index is 0.0805. The quantitative estimate of drug-likeness (QED) is 0.459. The fourth-order valence-electron chi connectivity index (χ4n) is 3.84. The van der Waals surface area contributed by atoms with Gasteiger partial charge >= 0.3 is 12.2 Å². The number of amides is 1. The first kappa shape index (κ1) is 26.4. The predicted molar refractivity (Wildman–Crippen MR) is 122 cm³/mol. The lowest BCUT2D eigenvalue weighted by Crippen LogP contribution is -2.45. The molecule has 1 aromatic carbocycles. The van der Waals surface area contributed by atoms with Crippen LogP contribution >= 0.6 is 0 Å². The van der Waals surface area contributed by atoms with Crippen molar-refractivity contribution in [2.24, 2.45) is 0 Å². The number of sulfonamides is 1. The number of carbonyl (C=O) groups excluding carboxylic acids is 1. The van der Waals surface area contributed by atoms with Crippen molar-refractivity contribution in [2.75, 3.05) is 13.7 Å². The topological polar surface area (TPSA) is 114 Å². The summed E-state index contributed by atoms with van der Waals surface area (Å²) in [5, 5.41) is 2.65. The van der Waals surface area contributed by atoms with Crippen LogP contribution < -0.4 is 10.1 Å². The number of benzene rings is 1. The number of nitrogens with zero attached hydrogens (tertiary/aromatic N) is 4. The third-order valence-electron chi connectivity index (χ3n) is 5.66. The third-order valence-corrected chi connectivity index (χ3v) is 7.58. The number of pyridine rings is 1. The smallest absolute Gasteiger partial charge is 0.433 e. The van der Waals surface area contributed by atoms with Crippen molar-refractivity contribution in [1.29, 1.82) is 0 Å². The summed E-state index contributed by atoms with van der Waals surface area (Å²) in [6.45, 7) is 0.00388. The molecule has 2 aromatic heterocycles. The van der Waals surface area contributed by atoms with Crippen molar-refractivity contribution in [2.45, 2.75) is 36.5 Å². The van der Waals surface area contributed by atoms with E-state index in [9.17, 15) is 30.8 Å². The van der Waals surface area contributed by atoms with Gasteiger partial charge in [-0.15, -0.1) is 0 Å². The van der Waals surface area contributed by atoms with Crippen LogP contribution in [0, 0.1) is 5.82 Å². The second-order valence-electron chi connectivity index (χ2n) is 8.11. The van der Waals surface area contributed by atoms with Crippen LogP contribution in [0.25, 0.3) is 11.3 Å². The van der Waals surface area contributed by atoms with E-state index in [0.717, 1.165) is 40.8 Å². The van der Waals surface area contributed by atoms with Gasteiger partial charge in [-0.05, 0) is 55.3 Å². The van der Waals surface area contributed by atoms with E-state index in [1.807, 2.05) is 0 Å². The maximum atomic E-state index is 13.2. The van der Waals surface area contributed by atoms with Crippen molar-refractivity contribution in [3.63, 3.8) is 0 Å². The van der Waals surface area contributed by atoms with E-state index in [-0.39, 0.29) is 40.9 Å². The first-order valence-electron chi connectivity index (χ1n) is 11.0. The second kappa shape index (κ2) is 10.4. The highest BCUT2D eigenvalue weighted by Gasteiger charge is 2.39. The number of halogens is 4. The molecule has 0 radical (unpaired) electrons. The zero-order chi connectivity index (χ0) is 26.8. The van der Waals surface area contributed by atoms with Gasteiger partial charge in [-0.3, -0.25) is 9.78 Å². The van der Waals surface area contributed by atoms with Crippen LogP contribution in [0.3, 0.4) is 0 Å². The van der Waals surface area contributed by atoms with Gasteiger partial charge in [-0.2, -0.15) is 27.4 Å². The van der Waals surface area contributed by atoms with Crippen LogP contribution in [0.15, 0.2) is 53.6 Å². The van der Waals surface area contributed by atoms with Gasteiger partial charge in [0.15, 0.2) is 0 Å². The summed E-state index contributed by atoms with van der Waals surface area (Å²) in [6, 6.07) is 6.77. The lowest BCUT2D eigenvalue weighted by Gasteiger charge is -2.23. The molecular weight excluding hydrogens is 518 g/mol. The van der Waals surface area contributed by atoms with Gasteiger partial charge in [-0.25, -0.2) is 12.8 Å². The van der Waals surface area contributed by atoms with Crippen molar-refractivity contribution in [3.05, 3.63) is 65.9 Å². The Morgan fingerprint density at radius 1 is 1.16 bits per heavy atom. The highest BCUT2D eigenvalue weighted by molar-refractivity contribution is 7.89. The molecular formula is C23H21F4N5O4S. The Morgan fingerprint density at radius 3 is 2.51 bits per heavy atom. The third kappa shape index (κ3) is 5.85. The van der Waals surface area contributed by atoms with Crippen LogP contribution in [-0.2, 0) is 27.5 Å². The number of rotatable bonds is 7. The van der Waals surface area contributed by atoms with Crippen molar-refractivity contribution in [1.82, 2.24) is 24.6 Å². The Balaban J connectivity index is 1.50. The van der Waals surface area contributed by atoms with Gasteiger partial charge in [0, 0.05) is 18.3 Å². The highest BCUT2D eigenvalue weighted by Crippen LogP contribution is 2.29. The summed E-state index contributed by atoms with van der Waals surface area (Å²) in [7, 11) is -2.72. The molecule has 37 heavy (non-hydrogen) atoms. The van der Waals surface area contributed by atoms with E-state index in [4.69, 9.17) is 4.74 Å². The minimum atomic E-state index is -4.59. The number of nitrogens with one attached hydrogen (secondary N) is 1. The second-order valence-corrected chi connectivity index (χ2v) is 10.00. The van der Waals surface area contributed by atoms with Crippen molar-refractivity contribution < 1.29 is 35.5 Å². The van der Waals surface area contributed by atoms with Crippen LogP contribution in [0.5, 0.6) is 6.01 Å². The Morgan fingerprint density at radius 2 is 1.89 bits per heavy atom.